The molecule has 2 amide bonds. The van der Waals surface area contributed by atoms with Crippen molar-refractivity contribution in [2.75, 3.05) is 17.4 Å². The van der Waals surface area contributed by atoms with Crippen LogP contribution in [0.25, 0.3) is 0 Å². The molecule has 1 atom stereocenters. The predicted octanol–water partition coefficient (Wildman–Crippen LogP) is 4.83. The van der Waals surface area contributed by atoms with Gasteiger partial charge in [-0.25, -0.2) is 8.42 Å². The summed E-state index contributed by atoms with van der Waals surface area (Å²) in [5.74, 6) is -0.741. The third-order valence-electron chi connectivity index (χ3n) is 6.40. The minimum absolute atomic E-state index is 0.0928. The number of benzene rings is 3. The van der Waals surface area contributed by atoms with Gasteiger partial charge in [0, 0.05) is 13.1 Å². The van der Waals surface area contributed by atoms with Crippen LogP contribution in [0.2, 0.25) is 0 Å². The number of aryl methyl sites for hydroxylation is 2. The molecule has 38 heavy (non-hydrogen) atoms. The number of unbranched alkanes of at least 4 members (excludes halogenated alkanes) is 1. The number of nitrogens with one attached hydrogen (secondary N) is 1. The van der Waals surface area contributed by atoms with E-state index < -0.39 is 28.5 Å². The van der Waals surface area contributed by atoms with Gasteiger partial charge < -0.3 is 10.2 Å². The number of carbonyl (C=O) groups is 2. The van der Waals surface area contributed by atoms with Crippen molar-refractivity contribution in [3.05, 3.63) is 95.6 Å². The molecule has 0 bridgehead atoms. The first-order chi connectivity index (χ1) is 18.1. The predicted molar refractivity (Wildman–Crippen MR) is 151 cm³/mol. The summed E-state index contributed by atoms with van der Waals surface area (Å²) >= 11 is 0. The van der Waals surface area contributed by atoms with Gasteiger partial charge in [0.2, 0.25) is 11.8 Å². The number of hydrogen-bond donors (Lipinski definition) is 1. The Morgan fingerprint density at radius 1 is 0.868 bits per heavy atom. The molecule has 3 aromatic rings. The molecular formula is C30H37N3O4S. The Balaban J connectivity index is 1.96. The van der Waals surface area contributed by atoms with Crippen molar-refractivity contribution in [3.8, 4) is 0 Å². The highest BCUT2D eigenvalue weighted by atomic mass is 32.2. The van der Waals surface area contributed by atoms with Gasteiger partial charge >= 0.3 is 0 Å². The average Bonchev–Trinajstić information content (AvgIpc) is 2.91. The lowest BCUT2D eigenvalue weighted by Crippen LogP contribution is -2.51. The number of sulfonamides is 1. The number of anilines is 1. The van der Waals surface area contributed by atoms with Gasteiger partial charge in [-0.1, -0.05) is 79.1 Å². The van der Waals surface area contributed by atoms with Crippen molar-refractivity contribution in [1.82, 2.24) is 10.2 Å². The Morgan fingerprint density at radius 2 is 1.45 bits per heavy atom. The minimum Gasteiger partial charge on any atom is -0.354 e. The summed E-state index contributed by atoms with van der Waals surface area (Å²) in [4.78, 5) is 28.4. The number of amides is 2. The van der Waals surface area contributed by atoms with Crippen LogP contribution in [0.3, 0.4) is 0 Å². The molecule has 3 aromatic carbocycles. The normalized spacial score (nSPS) is 12.0. The first kappa shape index (κ1) is 28.9. The molecule has 1 N–H and O–H groups in total. The van der Waals surface area contributed by atoms with Gasteiger partial charge in [0.05, 0.1) is 10.6 Å². The standard InChI is InChI=1S/C30H37N3O4S/c1-5-6-20-31-30(35)25(4)32(21-26-16-12-23(2)13-17-26)29(34)22-33(27-10-8-7-9-11-27)38(36,37)28-18-14-24(3)15-19-28/h7-19,25H,5-6,20-22H2,1-4H3,(H,31,35). The van der Waals surface area contributed by atoms with Crippen LogP contribution in [0.1, 0.15) is 43.4 Å². The summed E-state index contributed by atoms with van der Waals surface area (Å²) < 4.78 is 28.6. The van der Waals surface area contributed by atoms with E-state index in [1.807, 2.05) is 45.0 Å². The zero-order valence-electron chi connectivity index (χ0n) is 22.6. The van der Waals surface area contributed by atoms with Gasteiger partial charge in [0.25, 0.3) is 10.0 Å². The second-order valence-corrected chi connectivity index (χ2v) is 11.4. The Kier molecular flexibility index (Phi) is 10.1. The topological polar surface area (TPSA) is 86.8 Å². The van der Waals surface area contributed by atoms with Crippen molar-refractivity contribution >= 4 is 27.5 Å². The zero-order valence-corrected chi connectivity index (χ0v) is 23.4. The molecule has 8 heteroatoms. The van der Waals surface area contributed by atoms with Crippen molar-refractivity contribution in [3.63, 3.8) is 0 Å². The molecule has 7 nitrogen and oxygen atoms in total. The maximum Gasteiger partial charge on any atom is 0.264 e. The van der Waals surface area contributed by atoms with Crippen LogP contribution in [-0.2, 0) is 26.2 Å². The highest BCUT2D eigenvalue weighted by molar-refractivity contribution is 7.92. The van der Waals surface area contributed by atoms with Crippen LogP contribution in [0.4, 0.5) is 5.69 Å². The smallest absolute Gasteiger partial charge is 0.264 e. The van der Waals surface area contributed by atoms with Crippen LogP contribution in [0.5, 0.6) is 0 Å². The van der Waals surface area contributed by atoms with Crippen LogP contribution >= 0.6 is 0 Å². The van der Waals surface area contributed by atoms with Crippen molar-refractivity contribution in [2.24, 2.45) is 0 Å². The van der Waals surface area contributed by atoms with Crippen LogP contribution in [0, 0.1) is 13.8 Å². The van der Waals surface area contributed by atoms with Gasteiger partial charge in [-0.2, -0.15) is 0 Å². The summed E-state index contributed by atoms with van der Waals surface area (Å²) in [6, 6.07) is 22.0. The fraction of sp³-hybridized carbons (Fsp3) is 0.333. The van der Waals surface area contributed by atoms with Gasteiger partial charge in [-0.15, -0.1) is 0 Å². The SMILES string of the molecule is CCCCNC(=O)C(C)N(Cc1ccc(C)cc1)C(=O)CN(c1ccccc1)S(=O)(=O)c1ccc(C)cc1. The fourth-order valence-corrected chi connectivity index (χ4v) is 5.38. The first-order valence-corrected chi connectivity index (χ1v) is 14.3. The molecule has 1 unspecified atom stereocenters. The van der Waals surface area contributed by atoms with E-state index in [-0.39, 0.29) is 17.3 Å². The van der Waals surface area contributed by atoms with Crippen molar-refractivity contribution in [2.45, 2.75) is 58.0 Å². The molecule has 0 aliphatic carbocycles. The van der Waals surface area contributed by atoms with Gasteiger partial charge in [-0.3, -0.25) is 13.9 Å². The number of rotatable bonds is 12. The van der Waals surface area contributed by atoms with E-state index in [1.165, 1.54) is 4.90 Å². The van der Waals surface area contributed by atoms with E-state index in [0.29, 0.717) is 12.2 Å². The van der Waals surface area contributed by atoms with E-state index >= 15 is 0 Å². The quantitative estimate of drug-likeness (QED) is 0.337. The summed E-state index contributed by atoms with van der Waals surface area (Å²) in [7, 11) is -4.06. The summed E-state index contributed by atoms with van der Waals surface area (Å²) in [5, 5.41) is 2.90. The lowest BCUT2D eigenvalue weighted by Gasteiger charge is -2.32. The number of nitrogens with zero attached hydrogens (tertiary/aromatic N) is 2. The second kappa shape index (κ2) is 13.2. The van der Waals surface area contributed by atoms with Crippen molar-refractivity contribution < 1.29 is 18.0 Å². The molecule has 0 aliphatic rings. The molecule has 0 saturated heterocycles. The molecule has 0 fully saturated rings. The van der Waals surface area contributed by atoms with Gasteiger partial charge in [0.1, 0.15) is 12.6 Å². The monoisotopic (exact) mass is 535 g/mol. The highest BCUT2D eigenvalue weighted by Gasteiger charge is 2.32. The van der Waals surface area contributed by atoms with Crippen molar-refractivity contribution in [1.29, 1.82) is 0 Å². The number of para-hydroxylation sites is 1. The lowest BCUT2D eigenvalue weighted by atomic mass is 10.1. The highest BCUT2D eigenvalue weighted by Crippen LogP contribution is 2.24. The first-order valence-electron chi connectivity index (χ1n) is 12.9. The Morgan fingerprint density at radius 3 is 2.03 bits per heavy atom. The number of carbonyl (C=O) groups excluding carboxylic acids is 2. The van der Waals surface area contributed by atoms with Crippen LogP contribution in [-0.4, -0.2) is 44.3 Å². The molecule has 0 radical (unpaired) electrons. The summed E-state index contributed by atoms with van der Waals surface area (Å²) in [5.41, 5.74) is 3.23. The molecule has 0 spiro atoms. The summed E-state index contributed by atoms with van der Waals surface area (Å²) in [6.07, 6.45) is 1.77. The molecule has 0 saturated carbocycles. The molecule has 0 heterocycles. The van der Waals surface area contributed by atoms with Gasteiger partial charge in [-0.05, 0) is 57.0 Å². The van der Waals surface area contributed by atoms with E-state index in [1.54, 1.807) is 61.5 Å². The molecular weight excluding hydrogens is 498 g/mol. The van der Waals surface area contributed by atoms with Crippen LogP contribution in [0.15, 0.2) is 83.8 Å². The molecule has 3 rings (SSSR count). The third kappa shape index (κ3) is 7.44. The van der Waals surface area contributed by atoms with E-state index in [2.05, 4.69) is 5.32 Å². The van der Waals surface area contributed by atoms with E-state index in [9.17, 15) is 18.0 Å². The molecule has 0 aliphatic heterocycles. The summed E-state index contributed by atoms with van der Waals surface area (Å²) in [6.45, 7) is 7.82. The minimum atomic E-state index is -4.06. The Bertz CT molecular complexity index is 1310. The average molecular weight is 536 g/mol. The lowest BCUT2D eigenvalue weighted by molar-refractivity contribution is -0.139. The van der Waals surface area contributed by atoms with E-state index in [4.69, 9.17) is 0 Å². The van der Waals surface area contributed by atoms with Gasteiger partial charge in [0.15, 0.2) is 0 Å². The largest absolute Gasteiger partial charge is 0.354 e. The zero-order chi connectivity index (χ0) is 27.7. The third-order valence-corrected chi connectivity index (χ3v) is 8.19. The second-order valence-electron chi connectivity index (χ2n) is 9.49. The maximum absolute atomic E-state index is 13.8. The number of hydrogen-bond acceptors (Lipinski definition) is 4. The molecule has 202 valence electrons. The molecule has 0 aromatic heterocycles. The van der Waals surface area contributed by atoms with Crippen LogP contribution < -0.4 is 9.62 Å². The van der Waals surface area contributed by atoms with E-state index in [0.717, 1.165) is 33.8 Å². The Labute approximate surface area is 226 Å². The fourth-order valence-electron chi connectivity index (χ4n) is 3.97. The Hall–Kier alpha value is -3.65. The maximum atomic E-state index is 13.8.